The Morgan fingerprint density at radius 1 is 1.13 bits per heavy atom. The lowest BCUT2D eigenvalue weighted by molar-refractivity contribution is -0.119. The van der Waals surface area contributed by atoms with Crippen molar-refractivity contribution in [3.8, 4) is 11.5 Å². The standard InChI is InChI=1S/C22H19N5O3S/c1-13-23-20(30-26-13)14-8-10-15(11-9-14)21(29)27-12-4-6-17(27)19(28)25-22-24-16-5-2-3-7-18(16)31-22/h2-3,5,7-11,17H,4,6,12H2,1H3,(H,24,25,28). The number of para-hydroxylation sites is 1. The van der Waals surface area contributed by atoms with E-state index in [-0.39, 0.29) is 11.8 Å². The van der Waals surface area contributed by atoms with Crippen molar-refractivity contribution in [3.05, 3.63) is 59.9 Å². The van der Waals surface area contributed by atoms with E-state index in [1.54, 1.807) is 36.1 Å². The molecule has 0 radical (unpaired) electrons. The van der Waals surface area contributed by atoms with E-state index >= 15 is 0 Å². The van der Waals surface area contributed by atoms with E-state index in [0.717, 1.165) is 22.2 Å². The van der Waals surface area contributed by atoms with Crippen molar-refractivity contribution in [1.82, 2.24) is 20.0 Å². The summed E-state index contributed by atoms with van der Waals surface area (Å²) in [4.78, 5) is 36.3. The Balaban J connectivity index is 1.31. The highest BCUT2D eigenvalue weighted by atomic mass is 32.1. The van der Waals surface area contributed by atoms with Gasteiger partial charge in [0.2, 0.25) is 5.91 Å². The number of thiazole rings is 1. The van der Waals surface area contributed by atoms with E-state index in [1.165, 1.54) is 11.3 Å². The second-order valence-corrected chi connectivity index (χ2v) is 8.39. The molecule has 0 saturated carbocycles. The van der Waals surface area contributed by atoms with E-state index in [1.807, 2.05) is 24.3 Å². The molecular formula is C22H19N5O3S. The highest BCUT2D eigenvalue weighted by Crippen LogP contribution is 2.27. The van der Waals surface area contributed by atoms with Crippen LogP contribution < -0.4 is 5.32 Å². The second-order valence-electron chi connectivity index (χ2n) is 7.36. The van der Waals surface area contributed by atoms with Crippen LogP contribution in [0.3, 0.4) is 0 Å². The van der Waals surface area contributed by atoms with Crippen LogP contribution in [0.1, 0.15) is 29.0 Å². The second kappa shape index (κ2) is 7.92. The fraction of sp³-hybridized carbons (Fsp3) is 0.227. The van der Waals surface area contributed by atoms with E-state index in [9.17, 15) is 9.59 Å². The van der Waals surface area contributed by atoms with Gasteiger partial charge in [0.15, 0.2) is 11.0 Å². The van der Waals surface area contributed by atoms with E-state index < -0.39 is 6.04 Å². The first-order chi connectivity index (χ1) is 15.1. The van der Waals surface area contributed by atoms with Gasteiger partial charge in [-0.2, -0.15) is 4.98 Å². The number of benzene rings is 2. The fourth-order valence-electron chi connectivity index (χ4n) is 3.73. The summed E-state index contributed by atoms with van der Waals surface area (Å²) in [6.07, 6.45) is 1.41. The van der Waals surface area contributed by atoms with E-state index in [0.29, 0.717) is 35.4 Å². The van der Waals surface area contributed by atoms with Crippen LogP contribution in [-0.4, -0.2) is 44.4 Å². The third-order valence-corrected chi connectivity index (χ3v) is 6.20. The maximum atomic E-state index is 13.1. The van der Waals surface area contributed by atoms with Crippen LogP contribution in [0.5, 0.6) is 0 Å². The van der Waals surface area contributed by atoms with Crippen molar-refractivity contribution in [2.24, 2.45) is 0 Å². The zero-order valence-corrected chi connectivity index (χ0v) is 17.6. The Bertz CT molecular complexity index is 1230. The van der Waals surface area contributed by atoms with Gasteiger partial charge in [0.05, 0.1) is 10.2 Å². The van der Waals surface area contributed by atoms with Gasteiger partial charge in [0, 0.05) is 17.7 Å². The number of hydrogen-bond donors (Lipinski definition) is 1. The Labute approximate surface area is 181 Å². The molecule has 1 N–H and O–H groups in total. The molecule has 5 rings (SSSR count). The SMILES string of the molecule is Cc1noc(-c2ccc(C(=O)N3CCCC3C(=O)Nc3nc4ccccc4s3)cc2)n1. The first-order valence-corrected chi connectivity index (χ1v) is 10.8. The van der Waals surface area contributed by atoms with Crippen LogP contribution in [0.15, 0.2) is 53.1 Å². The number of aromatic nitrogens is 3. The first kappa shape index (κ1) is 19.4. The first-order valence-electron chi connectivity index (χ1n) is 9.96. The van der Waals surface area contributed by atoms with Gasteiger partial charge in [-0.3, -0.25) is 9.59 Å². The number of aryl methyl sites for hydroxylation is 1. The van der Waals surface area contributed by atoms with Gasteiger partial charge >= 0.3 is 0 Å². The summed E-state index contributed by atoms with van der Waals surface area (Å²) < 4.78 is 6.17. The normalized spacial score (nSPS) is 16.0. The van der Waals surface area contributed by atoms with Gasteiger partial charge in [0.1, 0.15) is 6.04 Å². The summed E-state index contributed by atoms with van der Waals surface area (Å²) in [5.74, 6) is 0.582. The molecule has 1 unspecified atom stereocenters. The number of carbonyl (C=O) groups is 2. The van der Waals surface area contributed by atoms with Crippen LogP contribution in [0.4, 0.5) is 5.13 Å². The fourth-order valence-corrected chi connectivity index (χ4v) is 4.60. The Morgan fingerprint density at radius 2 is 1.94 bits per heavy atom. The minimum Gasteiger partial charge on any atom is -0.334 e. The number of hydrogen-bond acceptors (Lipinski definition) is 7. The van der Waals surface area contributed by atoms with Gasteiger partial charge < -0.3 is 14.7 Å². The van der Waals surface area contributed by atoms with Crippen LogP contribution in [0, 0.1) is 6.92 Å². The molecule has 2 aromatic heterocycles. The summed E-state index contributed by atoms with van der Waals surface area (Å²) in [5, 5.41) is 7.22. The lowest BCUT2D eigenvalue weighted by atomic mass is 10.1. The number of anilines is 1. The molecule has 0 bridgehead atoms. The smallest absolute Gasteiger partial charge is 0.257 e. The average molecular weight is 433 g/mol. The number of likely N-dealkylation sites (tertiary alicyclic amines) is 1. The molecule has 1 atom stereocenters. The molecule has 3 heterocycles. The lowest BCUT2D eigenvalue weighted by Gasteiger charge is -2.23. The summed E-state index contributed by atoms with van der Waals surface area (Å²) in [6, 6.07) is 14.2. The van der Waals surface area contributed by atoms with Crippen molar-refractivity contribution in [1.29, 1.82) is 0 Å². The number of amides is 2. The summed E-state index contributed by atoms with van der Waals surface area (Å²) in [5.41, 5.74) is 2.10. The topological polar surface area (TPSA) is 101 Å². The zero-order valence-electron chi connectivity index (χ0n) is 16.7. The molecule has 4 aromatic rings. The van der Waals surface area contributed by atoms with Gasteiger partial charge in [0.25, 0.3) is 11.8 Å². The molecule has 0 spiro atoms. The minimum absolute atomic E-state index is 0.171. The maximum absolute atomic E-state index is 13.1. The molecule has 8 nitrogen and oxygen atoms in total. The average Bonchev–Trinajstić information content (AvgIpc) is 3.52. The molecule has 9 heteroatoms. The van der Waals surface area contributed by atoms with E-state index in [4.69, 9.17) is 4.52 Å². The Morgan fingerprint density at radius 3 is 2.68 bits per heavy atom. The molecule has 1 fully saturated rings. The summed E-state index contributed by atoms with van der Waals surface area (Å²) >= 11 is 1.43. The molecule has 0 aliphatic carbocycles. The van der Waals surface area contributed by atoms with Crippen molar-refractivity contribution in [2.45, 2.75) is 25.8 Å². The van der Waals surface area contributed by atoms with Crippen LogP contribution in [-0.2, 0) is 4.79 Å². The van der Waals surface area contributed by atoms with Gasteiger partial charge in [-0.15, -0.1) is 0 Å². The molecule has 1 aliphatic heterocycles. The van der Waals surface area contributed by atoms with Crippen LogP contribution >= 0.6 is 11.3 Å². The molecule has 1 aliphatic rings. The Hall–Kier alpha value is -3.59. The van der Waals surface area contributed by atoms with Gasteiger partial charge in [-0.05, 0) is 56.2 Å². The predicted molar refractivity (Wildman–Crippen MR) is 117 cm³/mol. The third kappa shape index (κ3) is 3.79. The number of carbonyl (C=O) groups excluding carboxylic acids is 2. The number of fused-ring (bicyclic) bond motifs is 1. The number of nitrogens with zero attached hydrogens (tertiary/aromatic N) is 4. The molecular weight excluding hydrogens is 414 g/mol. The maximum Gasteiger partial charge on any atom is 0.257 e. The quantitative estimate of drug-likeness (QED) is 0.524. The molecule has 156 valence electrons. The van der Waals surface area contributed by atoms with Gasteiger partial charge in [-0.25, -0.2) is 4.98 Å². The van der Waals surface area contributed by atoms with Crippen molar-refractivity contribution < 1.29 is 14.1 Å². The molecule has 2 aromatic carbocycles. The predicted octanol–water partition coefficient (Wildman–Crippen LogP) is 3.90. The summed E-state index contributed by atoms with van der Waals surface area (Å²) in [7, 11) is 0. The van der Waals surface area contributed by atoms with Crippen molar-refractivity contribution >= 4 is 38.5 Å². The van der Waals surface area contributed by atoms with E-state index in [2.05, 4.69) is 20.4 Å². The lowest BCUT2D eigenvalue weighted by Crippen LogP contribution is -2.43. The Kier molecular flexibility index (Phi) is 4.95. The molecule has 2 amide bonds. The monoisotopic (exact) mass is 433 g/mol. The highest BCUT2D eigenvalue weighted by Gasteiger charge is 2.35. The number of rotatable bonds is 4. The highest BCUT2D eigenvalue weighted by molar-refractivity contribution is 7.22. The molecule has 31 heavy (non-hydrogen) atoms. The largest absolute Gasteiger partial charge is 0.334 e. The summed E-state index contributed by atoms with van der Waals surface area (Å²) in [6.45, 7) is 2.29. The third-order valence-electron chi connectivity index (χ3n) is 5.25. The van der Waals surface area contributed by atoms with Gasteiger partial charge in [-0.1, -0.05) is 28.6 Å². The minimum atomic E-state index is -0.516. The number of nitrogens with one attached hydrogen (secondary N) is 1. The van der Waals surface area contributed by atoms with Crippen molar-refractivity contribution in [3.63, 3.8) is 0 Å². The van der Waals surface area contributed by atoms with Crippen LogP contribution in [0.2, 0.25) is 0 Å². The molecule has 1 saturated heterocycles. The zero-order chi connectivity index (χ0) is 21.4. The van der Waals surface area contributed by atoms with Crippen LogP contribution in [0.25, 0.3) is 21.7 Å². The van der Waals surface area contributed by atoms with Crippen molar-refractivity contribution in [2.75, 3.05) is 11.9 Å².